The van der Waals surface area contributed by atoms with Crippen LogP contribution in [0.1, 0.15) is 51.3 Å². The first-order chi connectivity index (χ1) is 8.81. The second-order valence-corrected chi connectivity index (χ2v) is 6.86. The van der Waals surface area contributed by atoms with Gasteiger partial charge in [0.05, 0.1) is 0 Å². The molecule has 2 heteroatoms. The number of aryl methyl sites for hydroxylation is 1. The predicted octanol–water partition coefficient (Wildman–Crippen LogP) is 3.62. The maximum atomic E-state index is 6.30. The molecule has 0 saturated carbocycles. The lowest BCUT2D eigenvalue weighted by molar-refractivity contribution is 0.217. The van der Waals surface area contributed by atoms with Crippen molar-refractivity contribution in [1.82, 2.24) is 4.90 Å². The van der Waals surface area contributed by atoms with Gasteiger partial charge >= 0.3 is 0 Å². The summed E-state index contributed by atoms with van der Waals surface area (Å²) in [6.07, 6.45) is 2.35. The van der Waals surface area contributed by atoms with E-state index in [1.165, 1.54) is 17.5 Å². The lowest BCUT2D eigenvalue weighted by Crippen LogP contribution is -2.35. The van der Waals surface area contributed by atoms with Crippen LogP contribution in [0.2, 0.25) is 0 Å². The number of benzene rings is 1. The van der Waals surface area contributed by atoms with Crippen LogP contribution in [0.25, 0.3) is 0 Å². The first-order valence-electron chi connectivity index (χ1n) is 7.35. The van der Waals surface area contributed by atoms with Crippen molar-refractivity contribution in [1.29, 1.82) is 0 Å². The Morgan fingerprint density at radius 1 is 1.16 bits per heavy atom. The molecule has 1 atom stereocenters. The molecule has 0 amide bonds. The molecule has 0 saturated heterocycles. The third kappa shape index (κ3) is 6.22. The lowest BCUT2D eigenvalue weighted by Gasteiger charge is -2.28. The smallest absolute Gasteiger partial charge is 0.0424 e. The number of hydrogen-bond donors (Lipinski definition) is 1. The van der Waals surface area contributed by atoms with Gasteiger partial charge in [-0.25, -0.2) is 0 Å². The molecular weight excluding hydrogens is 232 g/mol. The number of hydrogen-bond acceptors (Lipinski definition) is 2. The zero-order valence-corrected chi connectivity index (χ0v) is 13.2. The molecule has 0 aliphatic heterocycles. The van der Waals surface area contributed by atoms with E-state index >= 15 is 0 Å². The number of nitrogens with two attached hydrogens (primary N) is 1. The van der Waals surface area contributed by atoms with E-state index in [-0.39, 0.29) is 6.04 Å². The monoisotopic (exact) mass is 262 g/mol. The third-order valence-electron chi connectivity index (χ3n) is 3.20. The number of likely N-dealkylation sites (N-methyl/N-ethyl adjacent to an activating group) is 1. The molecule has 1 aromatic carbocycles. The van der Waals surface area contributed by atoms with Gasteiger partial charge in [-0.3, -0.25) is 0 Å². The van der Waals surface area contributed by atoms with Crippen LogP contribution >= 0.6 is 0 Å². The van der Waals surface area contributed by atoms with Crippen molar-refractivity contribution in [3.8, 4) is 0 Å². The third-order valence-corrected chi connectivity index (χ3v) is 3.20. The predicted molar refractivity (Wildman–Crippen MR) is 84.3 cm³/mol. The molecule has 0 aromatic heterocycles. The van der Waals surface area contributed by atoms with E-state index in [1.54, 1.807) is 0 Å². The first-order valence-corrected chi connectivity index (χ1v) is 7.35. The van der Waals surface area contributed by atoms with E-state index in [0.717, 1.165) is 19.5 Å². The summed E-state index contributed by atoms with van der Waals surface area (Å²) < 4.78 is 0. The summed E-state index contributed by atoms with van der Waals surface area (Å²) in [5.74, 6) is 0. The molecule has 0 spiro atoms. The number of rotatable bonds is 6. The van der Waals surface area contributed by atoms with Crippen molar-refractivity contribution in [3.05, 3.63) is 35.4 Å². The quantitative estimate of drug-likeness (QED) is 0.848. The topological polar surface area (TPSA) is 29.3 Å². The fourth-order valence-electron chi connectivity index (χ4n) is 2.54. The van der Waals surface area contributed by atoms with E-state index in [4.69, 9.17) is 5.73 Å². The maximum Gasteiger partial charge on any atom is 0.0424 e. The first kappa shape index (κ1) is 16.2. The van der Waals surface area contributed by atoms with Gasteiger partial charge in [-0.05, 0) is 30.0 Å². The molecule has 108 valence electrons. The van der Waals surface area contributed by atoms with Gasteiger partial charge in [-0.1, -0.05) is 58.4 Å². The van der Waals surface area contributed by atoms with Crippen molar-refractivity contribution in [3.63, 3.8) is 0 Å². The highest BCUT2D eigenvalue weighted by molar-refractivity contribution is 5.25. The Kier molecular flexibility index (Phi) is 6.02. The average molecular weight is 262 g/mol. The van der Waals surface area contributed by atoms with Crippen LogP contribution in [-0.4, -0.2) is 25.0 Å². The Labute approximate surface area is 119 Å². The van der Waals surface area contributed by atoms with E-state index in [0.29, 0.717) is 5.41 Å². The summed E-state index contributed by atoms with van der Waals surface area (Å²) in [5.41, 5.74) is 9.26. The minimum absolute atomic E-state index is 0.100. The second-order valence-electron chi connectivity index (χ2n) is 6.86. The highest BCUT2D eigenvalue weighted by Gasteiger charge is 2.16. The molecule has 2 nitrogen and oxygen atoms in total. The molecule has 0 radical (unpaired) electrons. The van der Waals surface area contributed by atoms with Crippen molar-refractivity contribution >= 4 is 0 Å². The molecule has 0 bridgehead atoms. The van der Waals surface area contributed by atoms with Crippen LogP contribution in [0.15, 0.2) is 24.3 Å². The van der Waals surface area contributed by atoms with E-state index < -0.39 is 0 Å². The molecule has 1 unspecified atom stereocenters. The minimum Gasteiger partial charge on any atom is -0.323 e. The normalized spacial score (nSPS) is 13.8. The van der Waals surface area contributed by atoms with Gasteiger partial charge in [-0.2, -0.15) is 0 Å². The average Bonchev–Trinajstić information content (AvgIpc) is 2.27. The molecular formula is C17H30N2. The van der Waals surface area contributed by atoms with Crippen molar-refractivity contribution < 1.29 is 0 Å². The van der Waals surface area contributed by atoms with Gasteiger partial charge in [0.25, 0.3) is 0 Å². The Bertz CT molecular complexity index is 362. The van der Waals surface area contributed by atoms with Crippen molar-refractivity contribution in [2.45, 2.75) is 46.6 Å². The molecule has 0 aliphatic carbocycles. The van der Waals surface area contributed by atoms with E-state index in [2.05, 4.69) is 63.9 Å². The molecule has 19 heavy (non-hydrogen) atoms. The van der Waals surface area contributed by atoms with Crippen LogP contribution in [0.4, 0.5) is 0 Å². The highest BCUT2D eigenvalue weighted by Crippen LogP contribution is 2.17. The summed E-state index contributed by atoms with van der Waals surface area (Å²) in [7, 11) is 2.15. The molecule has 1 aromatic rings. The molecule has 0 heterocycles. The lowest BCUT2D eigenvalue weighted by atomic mass is 9.95. The van der Waals surface area contributed by atoms with Crippen LogP contribution in [0, 0.1) is 5.41 Å². The second kappa shape index (κ2) is 7.06. The van der Waals surface area contributed by atoms with Gasteiger partial charge in [0.2, 0.25) is 0 Å². The minimum atomic E-state index is 0.100. The maximum absolute atomic E-state index is 6.30. The Balaban J connectivity index is 2.55. The Morgan fingerprint density at radius 2 is 1.74 bits per heavy atom. The molecule has 1 rings (SSSR count). The fourth-order valence-corrected chi connectivity index (χ4v) is 2.54. The fraction of sp³-hybridized carbons (Fsp3) is 0.647. The summed E-state index contributed by atoms with van der Waals surface area (Å²) in [4.78, 5) is 2.32. The highest BCUT2D eigenvalue weighted by atomic mass is 15.1. The van der Waals surface area contributed by atoms with Crippen molar-refractivity contribution in [2.75, 3.05) is 20.1 Å². The summed E-state index contributed by atoms with van der Waals surface area (Å²) in [6.45, 7) is 11.0. The summed E-state index contributed by atoms with van der Waals surface area (Å²) in [5, 5.41) is 0. The molecule has 0 fully saturated rings. The van der Waals surface area contributed by atoms with Gasteiger partial charge in [0, 0.05) is 19.1 Å². The largest absolute Gasteiger partial charge is 0.323 e. The molecule has 0 aliphatic rings. The van der Waals surface area contributed by atoms with Crippen LogP contribution < -0.4 is 5.73 Å². The van der Waals surface area contributed by atoms with Gasteiger partial charge in [0.15, 0.2) is 0 Å². The number of nitrogens with zero attached hydrogens (tertiary/aromatic N) is 1. The standard InChI is InChI=1S/C17H30N2/c1-6-7-14-8-10-15(11-9-14)16(18)12-19(5)13-17(2,3)4/h8-11,16H,6-7,12-13,18H2,1-5H3. The van der Waals surface area contributed by atoms with Gasteiger partial charge in [0.1, 0.15) is 0 Å². The SMILES string of the molecule is CCCc1ccc(C(N)CN(C)CC(C)(C)C)cc1. The zero-order valence-electron chi connectivity index (χ0n) is 13.2. The Hall–Kier alpha value is -0.860. The summed E-state index contributed by atoms with van der Waals surface area (Å²) in [6, 6.07) is 8.88. The Morgan fingerprint density at radius 3 is 2.21 bits per heavy atom. The molecule has 2 N–H and O–H groups in total. The van der Waals surface area contributed by atoms with Crippen LogP contribution in [0.3, 0.4) is 0 Å². The van der Waals surface area contributed by atoms with Crippen LogP contribution in [0.5, 0.6) is 0 Å². The van der Waals surface area contributed by atoms with E-state index in [1.807, 2.05) is 0 Å². The van der Waals surface area contributed by atoms with Crippen LogP contribution in [-0.2, 0) is 6.42 Å². The van der Waals surface area contributed by atoms with Gasteiger partial charge in [-0.15, -0.1) is 0 Å². The zero-order chi connectivity index (χ0) is 14.5. The van der Waals surface area contributed by atoms with E-state index in [9.17, 15) is 0 Å². The summed E-state index contributed by atoms with van der Waals surface area (Å²) >= 11 is 0. The van der Waals surface area contributed by atoms with Gasteiger partial charge < -0.3 is 10.6 Å². The van der Waals surface area contributed by atoms with Crippen molar-refractivity contribution in [2.24, 2.45) is 11.1 Å².